The van der Waals surface area contributed by atoms with E-state index < -0.39 is 5.25 Å². The van der Waals surface area contributed by atoms with Crippen LogP contribution < -0.4 is 5.32 Å². The molecule has 0 saturated carbocycles. The predicted molar refractivity (Wildman–Crippen MR) is 70.2 cm³/mol. The van der Waals surface area contributed by atoms with Crippen molar-refractivity contribution < 1.29 is 14.0 Å². The van der Waals surface area contributed by atoms with Gasteiger partial charge in [0, 0.05) is 0 Å². The molecule has 0 bridgehead atoms. The smallest absolute Gasteiger partial charge is 0.241 e. The Morgan fingerprint density at radius 1 is 1.50 bits per heavy atom. The highest BCUT2D eigenvalue weighted by atomic mass is 32.2. The first-order valence-corrected chi connectivity index (χ1v) is 7.16. The molecule has 98 valence electrons. The van der Waals surface area contributed by atoms with Gasteiger partial charge in [-0.15, -0.1) is 11.8 Å². The molecule has 1 amide bonds. The summed E-state index contributed by atoms with van der Waals surface area (Å²) < 4.78 is 5.20. The van der Waals surface area contributed by atoms with Crippen molar-refractivity contribution in [2.45, 2.75) is 37.3 Å². The van der Waals surface area contributed by atoms with Gasteiger partial charge in [-0.2, -0.15) is 0 Å². The number of hydrogen-bond acceptors (Lipinski definition) is 4. The Balaban J connectivity index is 1.96. The van der Waals surface area contributed by atoms with E-state index in [0.717, 1.165) is 12.2 Å². The molecule has 0 aliphatic carbocycles. The molecule has 3 unspecified atom stereocenters. The maximum atomic E-state index is 12.1. The summed E-state index contributed by atoms with van der Waals surface area (Å²) in [4.78, 5) is 23.9. The van der Waals surface area contributed by atoms with Crippen LogP contribution in [0, 0.1) is 5.92 Å². The van der Waals surface area contributed by atoms with Crippen molar-refractivity contribution in [2.24, 2.45) is 5.92 Å². The lowest BCUT2D eigenvalue weighted by atomic mass is 9.97. The number of furan rings is 1. The fraction of sp³-hybridized carbons (Fsp3) is 0.538. The van der Waals surface area contributed by atoms with E-state index in [-0.39, 0.29) is 23.7 Å². The molecule has 18 heavy (non-hydrogen) atoms. The van der Waals surface area contributed by atoms with Crippen molar-refractivity contribution in [2.75, 3.05) is 0 Å². The van der Waals surface area contributed by atoms with Gasteiger partial charge in [0.1, 0.15) is 11.0 Å². The second kappa shape index (κ2) is 5.61. The van der Waals surface area contributed by atoms with E-state index in [0.29, 0.717) is 5.75 Å². The van der Waals surface area contributed by atoms with Crippen LogP contribution in [-0.4, -0.2) is 23.0 Å². The Bertz CT molecular complexity index is 429. The first-order chi connectivity index (χ1) is 8.63. The molecule has 2 heterocycles. The second-order valence-corrected chi connectivity index (χ2v) is 5.64. The molecule has 1 saturated heterocycles. The molecule has 4 nitrogen and oxygen atoms in total. The summed E-state index contributed by atoms with van der Waals surface area (Å²) in [5.41, 5.74) is 0. The van der Waals surface area contributed by atoms with Gasteiger partial charge in [0.15, 0.2) is 5.78 Å². The lowest BCUT2D eigenvalue weighted by molar-refractivity contribution is -0.121. The molecule has 1 aromatic heterocycles. The van der Waals surface area contributed by atoms with Crippen LogP contribution in [0.5, 0.6) is 0 Å². The van der Waals surface area contributed by atoms with Crippen molar-refractivity contribution >= 4 is 23.5 Å². The van der Waals surface area contributed by atoms with Gasteiger partial charge in [0.05, 0.1) is 18.1 Å². The number of hydrogen-bond donors (Lipinski definition) is 1. The Morgan fingerprint density at radius 2 is 2.28 bits per heavy atom. The van der Waals surface area contributed by atoms with Gasteiger partial charge in [-0.25, -0.2) is 0 Å². The van der Waals surface area contributed by atoms with Gasteiger partial charge < -0.3 is 9.73 Å². The highest BCUT2D eigenvalue weighted by Gasteiger charge is 2.42. The van der Waals surface area contributed by atoms with Gasteiger partial charge in [0.2, 0.25) is 5.91 Å². The minimum atomic E-state index is -0.589. The highest BCUT2D eigenvalue weighted by molar-refractivity contribution is 8.00. The Morgan fingerprint density at radius 3 is 2.89 bits per heavy atom. The highest BCUT2D eigenvalue weighted by Crippen LogP contribution is 2.26. The molecular weight excluding hydrogens is 250 g/mol. The number of carbonyl (C=O) groups excluding carboxylic acids is 2. The van der Waals surface area contributed by atoms with Gasteiger partial charge >= 0.3 is 0 Å². The minimum absolute atomic E-state index is 0.00547. The van der Waals surface area contributed by atoms with Gasteiger partial charge in [-0.1, -0.05) is 20.3 Å². The van der Waals surface area contributed by atoms with Gasteiger partial charge in [-0.05, 0) is 18.1 Å². The lowest BCUT2D eigenvalue weighted by Gasteiger charge is -2.15. The number of ketones is 1. The third-order valence-corrected chi connectivity index (χ3v) is 4.52. The topological polar surface area (TPSA) is 59.3 Å². The van der Waals surface area contributed by atoms with Crippen LogP contribution in [0.1, 0.15) is 26.0 Å². The fourth-order valence-electron chi connectivity index (χ4n) is 1.97. The van der Waals surface area contributed by atoms with Crippen molar-refractivity contribution in [3.05, 3.63) is 24.2 Å². The van der Waals surface area contributed by atoms with E-state index in [4.69, 9.17) is 4.42 Å². The molecular formula is C13H17NO3S. The fourth-order valence-corrected chi connectivity index (χ4v) is 2.99. The zero-order chi connectivity index (χ0) is 13.1. The van der Waals surface area contributed by atoms with Gasteiger partial charge in [0.25, 0.3) is 0 Å². The second-order valence-electron chi connectivity index (χ2n) is 4.54. The molecule has 0 radical (unpaired) electrons. The van der Waals surface area contributed by atoms with Crippen molar-refractivity contribution in [3.8, 4) is 0 Å². The quantitative estimate of drug-likeness (QED) is 0.829. The van der Waals surface area contributed by atoms with E-state index >= 15 is 0 Å². The summed E-state index contributed by atoms with van der Waals surface area (Å²) in [6.07, 6.45) is 2.47. The summed E-state index contributed by atoms with van der Waals surface area (Å²) in [6, 6.07) is 3.32. The number of amides is 1. The Labute approximate surface area is 111 Å². The van der Waals surface area contributed by atoms with Crippen molar-refractivity contribution in [1.29, 1.82) is 0 Å². The summed E-state index contributed by atoms with van der Waals surface area (Å²) >= 11 is 1.33. The first kappa shape index (κ1) is 13.2. The normalized spacial score (nSPS) is 25.2. The number of carbonyl (C=O) groups is 2. The van der Waals surface area contributed by atoms with E-state index in [1.807, 2.05) is 19.9 Å². The standard InChI is InChI=1S/C13H17NO3S/c1-3-8(2)10-11(15)12(13(16)14-10)18-7-9-5-4-6-17-9/h4-6,8,10,12H,3,7H2,1-2H3,(H,14,16). The third-order valence-electron chi connectivity index (χ3n) is 3.29. The van der Waals surface area contributed by atoms with Crippen LogP contribution in [0.4, 0.5) is 0 Å². The number of nitrogens with one attached hydrogen (secondary N) is 1. The van der Waals surface area contributed by atoms with Crippen LogP contribution in [0.15, 0.2) is 22.8 Å². The molecule has 1 aliphatic heterocycles. The molecule has 1 fully saturated rings. The molecule has 2 rings (SSSR count). The first-order valence-electron chi connectivity index (χ1n) is 6.11. The number of Topliss-reactive ketones (excluding diaryl/α,β-unsaturated/α-hetero) is 1. The van der Waals surface area contributed by atoms with E-state index in [2.05, 4.69) is 5.32 Å². The summed E-state index contributed by atoms with van der Waals surface area (Å²) in [5.74, 6) is 1.36. The average Bonchev–Trinajstić information content (AvgIpc) is 2.96. The molecule has 1 aromatic rings. The summed E-state index contributed by atoms with van der Waals surface area (Å²) in [6.45, 7) is 4.01. The largest absolute Gasteiger partial charge is 0.468 e. The van der Waals surface area contributed by atoms with E-state index in [1.54, 1.807) is 12.3 Å². The zero-order valence-corrected chi connectivity index (χ0v) is 11.3. The third kappa shape index (κ3) is 2.61. The Kier molecular flexibility index (Phi) is 4.11. The SMILES string of the molecule is CCC(C)C1NC(=O)C(SCc2ccco2)C1=O. The Hall–Kier alpha value is -1.23. The van der Waals surface area contributed by atoms with Crippen LogP contribution in [-0.2, 0) is 15.3 Å². The maximum absolute atomic E-state index is 12.1. The number of rotatable bonds is 5. The predicted octanol–water partition coefficient (Wildman–Crippen LogP) is 1.99. The minimum Gasteiger partial charge on any atom is -0.468 e. The molecule has 5 heteroatoms. The van der Waals surface area contributed by atoms with E-state index in [1.165, 1.54) is 11.8 Å². The zero-order valence-electron chi connectivity index (χ0n) is 10.5. The summed E-state index contributed by atoms with van der Waals surface area (Å²) in [7, 11) is 0. The van der Waals surface area contributed by atoms with Gasteiger partial charge in [-0.3, -0.25) is 9.59 Å². The van der Waals surface area contributed by atoms with Crippen molar-refractivity contribution in [3.63, 3.8) is 0 Å². The van der Waals surface area contributed by atoms with Crippen LogP contribution >= 0.6 is 11.8 Å². The molecule has 3 atom stereocenters. The monoisotopic (exact) mass is 267 g/mol. The average molecular weight is 267 g/mol. The van der Waals surface area contributed by atoms with Crippen LogP contribution in [0.3, 0.4) is 0 Å². The van der Waals surface area contributed by atoms with E-state index in [9.17, 15) is 9.59 Å². The maximum Gasteiger partial charge on any atom is 0.241 e. The van der Waals surface area contributed by atoms with Crippen LogP contribution in [0.2, 0.25) is 0 Å². The molecule has 0 spiro atoms. The van der Waals surface area contributed by atoms with Crippen LogP contribution in [0.25, 0.3) is 0 Å². The number of thioether (sulfide) groups is 1. The molecule has 0 aromatic carbocycles. The molecule has 1 aliphatic rings. The lowest BCUT2D eigenvalue weighted by Crippen LogP contribution is -2.35. The summed E-state index contributed by atoms with van der Waals surface area (Å²) in [5, 5.41) is 2.21. The molecule has 1 N–H and O–H groups in total. The van der Waals surface area contributed by atoms with Crippen molar-refractivity contribution in [1.82, 2.24) is 5.32 Å².